The lowest BCUT2D eigenvalue weighted by Gasteiger charge is -2.16. The van der Waals surface area contributed by atoms with Crippen molar-refractivity contribution in [2.24, 2.45) is 0 Å². The largest absolute Gasteiger partial charge is 0.463 e. The van der Waals surface area contributed by atoms with Gasteiger partial charge in [-0.05, 0) is 24.5 Å². The summed E-state index contributed by atoms with van der Waals surface area (Å²) in [5.74, 6) is -0.930. The second kappa shape index (κ2) is 6.99. The monoisotopic (exact) mass is 327 g/mol. The van der Waals surface area contributed by atoms with Gasteiger partial charge < -0.3 is 9.47 Å². The van der Waals surface area contributed by atoms with Gasteiger partial charge in [-0.2, -0.15) is 0 Å². The molecule has 1 saturated heterocycles. The van der Waals surface area contributed by atoms with Crippen LogP contribution in [0.25, 0.3) is 10.9 Å². The van der Waals surface area contributed by atoms with Crippen LogP contribution in [0.5, 0.6) is 0 Å². The maximum Gasteiger partial charge on any atom is 0.347 e. The SMILES string of the molecule is CCCc1nc2ccccc2c(C(=O)O[C@H]2CCOC2=O)c1CC. The van der Waals surface area contributed by atoms with Crippen molar-refractivity contribution in [3.63, 3.8) is 0 Å². The second-order valence-corrected chi connectivity index (χ2v) is 5.88. The Bertz CT molecular complexity index is 784. The number of ether oxygens (including phenoxy) is 2. The van der Waals surface area contributed by atoms with Gasteiger partial charge in [0.1, 0.15) is 0 Å². The molecular weight excluding hydrogens is 306 g/mol. The molecule has 1 atom stereocenters. The van der Waals surface area contributed by atoms with E-state index in [1.807, 2.05) is 31.2 Å². The van der Waals surface area contributed by atoms with Gasteiger partial charge in [0.25, 0.3) is 0 Å². The molecule has 0 N–H and O–H groups in total. The molecule has 1 aromatic carbocycles. The van der Waals surface area contributed by atoms with E-state index in [-0.39, 0.29) is 0 Å². The third-order valence-corrected chi connectivity index (χ3v) is 4.26. The molecule has 0 saturated carbocycles. The van der Waals surface area contributed by atoms with Crippen LogP contribution in [-0.2, 0) is 27.1 Å². The molecule has 0 spiro atoms. The minimum atomic E-state index is -0.802. The standard InChI is InChI=1S/C19H21NO4/c1-3-7-14-12(4-2)17(13-8-5-6-9-15(13)20-14)19(22)24-16-10-11-23-18(16)21/h5-6,8-9,16H,3-4,7,10-11H2,1-2H3/t16-/m0/s1. The summed E-state index contributed by atoms with van der Waals surface area (Å²) in [4.78, 5) is 29.2. The van der Waals surface area contributed by atoms with Crippen LogP contribution in [0.1, 0.15) is 48.3 Å². The Morgan fingerprint density at radius 2 is 2.12 bits per heavy atom. The van der Waals surface area contributed by atoms with E-state index >= 15 is 0 Å². The predicted molar refractivity (Wildman–Crippen MR) is 89.9 cm³/mol. The van der Waals surface area contributed by atoms with Crippen molar-refractivity contribution in [3.05, 3.63) is 41.1 Å². The molecule has 1 aromatic heterocycles. The van der Waals surface area contributed by atoms with Crippen molar-refractivity contribution >= 4 is 22.8 Å². The highest BCUT2D eigenvalue weighted by atomic mass is 16.6. The minimum Gasteiger partial charge on any atom is -0.463 e. The lowest BCUT2D eigenvalue weighted by molar-refractivity contribution is -0.145. The smallest absolute Gasteiger partial charge is 0.347 e. The Hall–Kier alpha value is -2.43. The molecular formula is C19H21NO4. The highest BCUT2D eigenvalue weighted by Gasteiger charge is 2.32. The number of esters is 2. The zero-order valence-electron chi connectivity index (χ0n) is 14.0. The molecule has 2 aromatic rings. The summed E-state index contributed by atoms with van der Waals surface area (Å²) in [6, 6.07) is 7.55. The van der Waals surface area contributed by atoms with Crippen LogP contribution in [0.15, 0.2) is 24.3 Å². The predicted octanol–water partition coefficient (Wildman–Crippen LogP) is 3.22. The molecule has 24 heavy (non-hydrogen) atoms. The fourth-order valence-electron chi connectivity index (χ4n) is 3.13. The van der Waals surface area contributed by atoms with Gasteiger partial charge in [0.15, 0.2) is 0 Å². The number of cyclic esters (lactones) is 1. The second-order valence-electron chi connectivity index (χ2n) is 5.88. The van der Waals surface area contributed by atoms with Crippen molar-refractivity contribution in [1.82, 2.24) is 4.98 Å². The van der Waals surface area contributed by atoms with E-state index in [9.17, 15) is 9.59 Å². The first-order chi connectivity index (χ1) is 11.7. The third-order valence-electron chi connectivity index (χ3n) is 4.26. The van der Waals surface area contributed by atoms with Gasteiger partial charge in [-0.3, -0.25) is 4.98 Å². The summed E-state index contributed by atoms with van der Waals surface area (Å²) in [7, 11) is 0. The number of benzene rings is 1. The highest BCUT2D eigenvalue weighted by Crippen LogP contribution is 2.27. The summed E-state index contributed by atoms with van der Waals surface area (Å²) >= 11 is 0. The van der Waals surface area contributed by atoms with Crippen LogP contribution in [0.3, 0.4) is 0 Å². The number of fused-ring (bicyclic) bond motifs is 1. The van der Waals surface area contributed by atoms with Crippen LogP contribution in [-0.4, -0.2) is 29.6 Å². The zero-order chi connectivity index (χ0) is 17.1. The molecule has 0 bridgehead atoms. The van der Waals surface area contributed by atoms with Gasteiger partial charge in [-0.1, -0.05) is 38.5 Å². The van der Waals surface area contributed by atoms with Crippen molar-refractivity contribution in [3.8, 4) is 0 Å². The van der Waals surface area contributed by atoms with E-state index in [0.29, 0.717) is 25.0 Å². The van der Waals surface area contributed by atoms with Crippen LogP contribution in [0.2, 0.25) is 0 Å². The summed E-state index contributed by atoms with van der Waals surface area (Å²) in [5.41, 5.74) is 3.15. The van der Waals surface area contributed by atoms with Crippen molar-refractivity contribution in [2.45, 2.75) is 45.6 Å². The number of aryl methyl sites for hydroxylation is 1. The van der Waals surface area contributed by atoms with E-state index in [0.717, 1.165) is 35.0 Å². The average Bonchev–Trinajstić information content (AvgIpc) is 2.98. The van der Waals surface area contributed by atoms with Crippen LogP contribution >= 0.6 is 0 Å². The minimum absolute atomic E-state index is 0.301. The van der Waals surface area contributed by atoms with Gasteiger partial charge in [0, 0.05) is 17.5 Å². The number of para-hydroxylation sites is 1. The number of nitrogens with zero attached hydrogens (tertiary/aromatic N) is 1. The van der Waals surface area contributed by atoms with E-state index < -0.39 is 18.0 Å². The van der Waals surface area contributed by atoms with Gasteiger partial charge in [0.2, 0.25) is 6.10 Å². The Morgan fingerprint density at radius 3 is 2.79 bits per heavy atom. The first-order valence-electron chi connectivity index (χ1n) is 8.43. The molecule has 0 radical (unpaired) electrons. The number of pyridine rings is 1. The molecule has 1 aliphatic rings. The lowest BCUT2D eigenvalue weighted by Crippen LogP contribution is -2.24. The first-order valence-corrected chi connectivity index (χ1v) is 8.43. The molecule has 5 nitrogen and oxygen atoms in total. The molecule has 1 aliphatic heterocycles. The molecule has 2 heterocycles. The van der Waals surface area contributed by atoms with Gasteiger partial charge in [0.05, 0.1) is 17.7 Å². The normalized spacial score (nSPS) is 17.1. The number of rotatable bonds is 5. The number of aromatic nitrogens is 1. The number of hydrogen-bond donors (Lipinski definition) is 0. The molecule has 0 unspecified atom stereocenters. The maximum atomic E-state index is 12.8. The van der Waals surface area contributed by atoms with Crippen LogP contribution in [0.4, 0.5) is 0 Å². The van der Waals surface area contributed by atoms with Crippen LogP contribution in [0, 0.1) is 0 Å². The molecule has 3 rings (SSSR count). The quantitative estimate of drug-likeness (QED) is 0.789. The Kier molecular flexibility index (Phi) is 4.79. The summed E-state index contributed by atoms with van der Waals surface area (Å²) in [6.07, 6.45) is 2.05. The number of hydrogen-bond acceptors (Lipinski definition) is 5. The fourth-order valence-corrected chi connectivity index (χ4v) is 3.13. The van der Waals surface area contributed by atoms with Crippen molar-refractivity contribution in [1.29, 1.82) is 0 Å². The molecule has 0 amide bonds. The number of carbonyl (C=O) groups is 2. The van der Waals surface area contributed by atoms with Crippen molar-refractivity contribution in [2.75, 3.05) is 6.61 Å². The van der Waals surface area contributed by atoms with E-state index in [1.165, 1.54) is 0 Å². The average molecular weight is 327 g/mol. The van der Waals surface area contributed by atoms with Gasteiger partial charge in [-0.25, -0.2) is 9.59 Å². The fraction of sp³-hybridized carbons (Fsp3) is 0.421. The highest BCUT2D eigenvalue weighted by molar-refractivity contribution is 6.05. The molecule has 1 fully saturated rings. The molecule has 0 aliphatic carbocycles. The number of carbonyl (C=O) groups excluding carboxylic acids is 2. The van der Waals surface area contributed by atoms with E-state index in [4.69, 9.17) is 14.5 Å². The zero-order valence-corrected chi connectivity index (χ0v) is 14.0. The summed E-state index contributed by atoms with van der Waals surface area (Å²) in [6.45, 7) is 4.39. The summed E-state index contributed by atoms with van der Waals surface area (Å²) in [5, 5.41) is 0.769. The Labute approximate surface area is 141 Å². The Morgan fingerprint density at radius 1 is 1.33 bits per heavy atom. The Balaban J connectivity index is 2.09. The third kappa shape index (κ3) is 2.98. The molecule has 5 heteroatoms. The van der Waals surface area contributed by atoms with Gasteiger partial charge >= 0.3 is 11.9 Å². The first kappa shape index (κ1) is 16.4. The molecule has 126 valence electrons. The topological polar surface area (TPSA) is 65.5 Å². The van der Waals surface area contributed by atoms with Crippen LogP contribution < -0.4 is 0 Å². The lowest BCUT2D eigenvalue weighted by atomic mass is 9.96. The van der Waals surface area contributed by atoms with Gasteiger partial charge in [-0.15, -0.1) is 0 Å². The maximum absolute atomic E-state index is 12.8. The van der Waals surface area contributed by atoms with E-state index in [1.54, 1.807) is 0 Å². The van der Waals surface area contributed by atoms with Crippen molar-refractivity contribution < 1.29 is 19.1 Å². The van der Waals surface area contributed by atoms with E-state index in [2.05, 4.69) is 6.92 Å². The summed E-state index contributed by atoms with van der Waals surface area (Å²) < 4.78 is 10.3.